The minimum absolute atomic E-state index is 0.120. The molecule has 0 N–H and O–H groups in total. The van der Waals surface area contributed by atoms with Crippen LogP contribution in [0.25, 0.3) is 0 Å². The number of aliphatic imine (C=N–C) groups is 1. The molecule has 0 spiro atoms. The van der Waals surface area contributed by atoms with Crippen molar-refractivity contribution in [3.8, 4) is 0 Å². The number of hydrogen-bond donors (Lipinski definition) is 0. The Kier molecular flexibility index (Phi) is 5.26. The standard InChI is InChI=1S/C31H27N2OP/c1-3-14-25(15-4-1)35(26-16-5-2-6-17-26)33-21-24-13-8-7-11-22(24)19-28(33)31-32-30-27-18-10-9-12-23(27)20-29(30)34-31/h1-18,28-30H,19-21H2/t28-,29-,30+/m1/s1. The fourth-order valence-electron chi connectivity index (χ4n) is 5.80. The Hall–Kier alpha value is -3.26. The molecule has 3 atom stereocenters. The lowest BCUT2D eigenvalue weighted by Gasteiger charge is -2.41. The van der Waals surface area contributed by atoms with Crippen LogP contribution in [-0.2, 0) is 24.1 Å². The van der Waals surface area contributed by atoms with Gasteiger partial charge >= 0.3 is 0 Å². The summed E-state index contributed by atoms with van der Waals surface area (Å²) in [4.78, 5) is 5.27. The summed E-state index contributed by atoms with van der Waals surface area (Å²) in [5, 5.41) is 2.73. The number of rotatable bonds is 4. The zero-order valence-corrected chi connectivity index (χ0v) is 20.4. The van der Waals surface area contributed by atoms with Crippen LogP contribution in [0, 0.1) is 0 Å². The molecule has 0 fully saturated rings. The van der Waals surface area contributed by atoms with Gasteiger partial charge in [0.2, 0.25) is 5.90 Å². The maximum Gasteiger partial charge on any atom is 0.202 e. The lowest BCUT2D eigenvalue weighted by Crippen LogP contribution is -2.46. The minimum Gasteiger partial charge on any atom is -0.473 e. The van der Waals surface area contributed by atoms with Crippen molar-refractivity contribution in [3.05, 3.63) is 131 Å². The van der Waals surface area contributed by atoms with Gasteiger partial charge in [0.15, 0.2) is 0 Å². The van der Waals surface area contributed by atoms with E-state index in [1.807, 2.05) is 0 Å². The van der Waals surface area contributed by atoms with E-state index in [1.165, 1.54) is 32.9 Å². The normalized spacial score (nSPS) is 22.8. The van der Waals surface area contributed by atoms with E-state index < -0.39 is 8.07 Å². The van der Waals surface area contributed by atoms with Gasteiger partial charge in [0.25, 0.3) is 0 Å². The molecule has 35 heavy (non-hydrogen) atoms. The number of ether oxygens (including phenoxy) is 1. The summed E-state index contributed by atoms with van der Waals surface area (Å²) in [6.45, 7) is 0.893. The van der Waals surface area contributed by atoms with E-state index in [1.54, 1.807) is 0 Å². The van der Waals surface area contributed by atoms with Crippen molar-refractivity contribution in [1.29, 1.82) is 0 Å². The van der Waals surface area contributed by atoms with Crippen molar-refractivity contribution in [2.75, 3.05) is 0 Å². The van der Waals surface area contributed by atoms with Crippen LogP contribution in [0.1, 0.15) is 28.3 Å². The molecule has 3 aliphatic rings. The van der Waals surface area contributed by atoms with Crippen molar-refractivity contribution < 1.29 is 4.74 Å². The molecular weight excluding hydrogens is 447 g/mol. The van der Waals surface area contributed by atoms with Gasteiger partial charge in [-0.3, -0.25) is 4.67 Å². The molecule has 2 aliphatic heterocycles. The highest BCUT2D eigenvalue weighted by Gasteiger charge is 2.45. The summed E-state index contributed by atoms with van der Waals surface area (Å²) in [5.41, 5.74) is 5.54. The molecule has 0 unspecified atom stereocenters. The van der Waals surface area contributed by atoms with E-state index in [0.717, 1.165) is 25.3 Å². The Morgan fingerprint density at radius 3 is 1.97 bits per heavy atom. The molecule has 1 aliphatic carbocycles. The molecule has 0 amide bonds. The summed E-state index contributed by atoms with van der Waals surface area (Å²) < 4.78 is 9.37. The largest absolute Gasteiger partial charge is 0.473 e. The van der Waals surface area contributed by atoms with Gasteiger partial charge in [-0.15, -0.1) is 0 Å². The third-order valence-corrected chi connectivity index (χ3v) is 9.96. The molecule has 0 saturated heterocycles. The van der Waals surface area contributed by atoms with Gasteiger partial charge < -0.3 is 4.74 Å². The molecule has 4 aromatic rings. The summed E-state index contributed by atoms with van der Waals surface area (Å²) in [6.07, 6.45) is 2.00. The molecule has 2 heterocycles. The van der Waals surface area contributed by atoms with Gasteiger partial charge in [-0.1, -0.05) is 109 Å². The molecule has 0 aromatic heterocycles. The molecule has 4 aromatic carbocycles. The molecule has 4 heteroatoms. The number of benzene rings is 4. The first-order valence-electron chi connectivity index (χ1n) is 12.4. The molecule has 0 saturated carbocycles. The third kappa shape index (κ3) is 3.71. The Bertz CT molecular complexity index is 1350. The van der Waals surface area contributed by atoms with Crippen molar-refractivity contribution in [2.45, 2.75) is 37.6 Å². The van der Waals surface area contributed by atoms with Crippen molar-refractivity contribution in [3.63, 3.8) is 0 Å². The van der Waals surface area contributed by atoms with Crippen molar-refractivity contribution in [2.24, 2.45) is 4.99 Å². The van der Waals surface area contributed by atoms with Gasteiger partial charge in [-0.2, -0.15) is 0 Å². The van der Waals surface area contributed by atoms with Crippen LogP contribution >= 0.6 is 8.07 Å². The van der Waals surface area contributed by atoms with Crippen LogP contribution in [0.4, 0.5) is 0 Å². The lowest BCUT2D eigenvalue weighted by atomic mass is 9.96. The van der Waals surface area contributed by atoms with Gasteiger partial charge in [-0.05, 0) is 39.3 Å². The van der Waals surface area contributed by atoms with E-state index in [-0.39, 0.29) is 18.2 Å². The van der Waals surface area contributed by atoms with Crippen LogP contribution in [-0.4, -0.2) is 22.7 Å². The first kappa shape index (κ1) is 21.1. The Labute approximate surface area is 207 Å². The molecular formula is C31H27N2OP. The van der Waals surface area contributed by atoms with Gasteiger partial charge in [0.1, 0.15) is 12.1 Å². The minimum atomic E-state index is -0.744. The smallest absolute Gasteiger partial charge is 0.202 e. The molecule has 0 radical (unpaired) electrons. The number of fused-ring (bicyclic) bond motifs is 4. The number of nitrogens with zero attached hydrogens (tertiary/aromatic N) is 2. The fourth-order valence-corrected chi connectivity index (χ4v) is 8.35. The predicted octanol–water partition coefficient (Wildman–Crippen LogP) is 5.56. The topological polar surface area (TPSA) is 24.8 Å². The summed E-state index contributed by atoms with van der Waals surface area (Å²) in [6, 6.07) is 39.8. The van der Waals surface area contributed by atoms with Crippen LogP contribution in [0.15, 0.2) is 114 Å². The average molecular weight is 475 g/mol. The summed E-state index contributed by atoms with van der Waals surface area (Å²) >= 11 is 0. The second kappa shape index (κ2) is 8.75. The van der Waals surface area contributed by atoms with Gasteiger partial charge in [0, 0.05) is 21.0 Å². The lowest BCUT2D eigenvalue weighted by molar-refractivity contribution is 0.186. The summed E-state index contributed by atoms with van der Waals surface area (Å²) in [5.74, 6) is 0.920. The molecule has 3 nitrogen and oxygen atoms in total. The maximum atomic E-state index is 6.69. The first-order chi connectivity index (χ1) is 17.3. The molecule has 172 valence electrons. The van der Waals surface area contributed by atoms with E-state index in [0.29, 0.717) is 0 Å². The quantitative estimate of drug-likeness (QED) is 0.362. The SMILES string of the molecule is c1ccc(P(c2ccccc2)N2Cc3ccccc3C[C@@H]2C2=N[C@H]3c4ccccc4C[C@H]3O2)cc1. The second-order valence-electron chi connectivity index (χ2n) is 9.54. The van der Waals surface area contributed by atoms with Crippen LogP contribution in [0.5, 0.6) is 0 Å². The maximum absolute atomic E-state index is 6.69. The molecule has 7 rings (SSSR count). The van der Waals surface area contributed by atoms with Gasteiger partial charge in [0.05, 0.1) is 6.04 Å². The van der Waals surface area contributed by atoms with E-state index in [2.05, 4.69) is 114 Å². The Morgan fingerprint density at radius 2 is 1.26 bits per heavy atom. The highest BCUT2D eigenvalue weighted by molar-refractivity contribution is 7.70. The Balaban J connectivity index is 1.33. The second-order valence-corrected chi connectivity index (χ2v) is 11.7. The van der Waals surface area contributed by atoms with E-state index in [9.17, 15) is 0 Å². The third-order valence-electron chi connectivity index (χ3n) is 7.45. The predicted molar refractivity (Wildman–Crippen MR) is 144 cm³/mol. The number of hydrogen-bond acceptors (Lipinski definition) is 3. The molecule has 0 bridgehead atoms. The highest BCUT2D eigenvalue weighted by atomic mass is 31.1. The zero-order chi connectivity index (χ0) is 23.2. The van der Waals surface area contributed by atoms with Crippen LogP contribution in [0.3, 0.4) is 0 Å². The van der Waals surface area contributed by atoms with Gasteiger partial charge in [-0.25, -0.2) is 4.99 Å². The van der Waals surface area contributed by atoms with E-state index in [4.69, 9.17) is 9.73 Å². The van der Waals surface area contributed by atoms with E-state index >= 15 is 0 Å². The Morgan fingerprint density at radius 1 is 0.657 bits per heavy atom. The van der Waals surface area contributed by atoms with Crippen molar-refractivity contribution >= 4 is 24.6 Å². The fraction of sp³-hybridized carbons (Fsp3) is 0.194. The highest BCUT2D eigenvalue weighted by Crippen LogP contribution is 2.47. The van der Waals surface area contributed by atoms with Crippen LogP contribution < -0.4 is 10.6 Å². The van der Waals surface area contributed by atoms with Crippen LogP contribution in [0.2, 0.25) is 0 Å². The zero-order valence-electron chi connectivity index (χ0n) is 19.5. The monoisotopic (exact) mass is 474 g/mol. The average Bonchev–Trinajstić information content (AvgIpc) is 3.48. The summed E-state index contributed by atoms with van der Waals surface area (Å²) in [7, 11) is -0.744. The van der Waals surface area contributed by atoms with Crippen molar-refractivity contribution in [1.82, 2.24) is 4.67 Å². The first-order valence-corrected chi connectivity index (χ1v) is 13.7.